The average Bonchev–Trinajstić information content (AvgIpc) is 2.79. The van der Waals surface area contributed by atoms with Gasteiger partial charge < -0.3 is 10.4 Å². The molecule has 12 heteroatoms. The second-order valence-electron chi connectivity index (χ2n) is 8.40. The van der Waals surface area contributed by atoms with Crippen LogP contribution >= 0.6 is 0 Å². The molecule has 2 atom stereocenters. The summed E-state index contributed by atoms with van der Waals surface area (Å²) in [5.74, 6) is -1.67. The third-order valence-electron chi connectivity index (χ3n) is 5.69. The molecule has 1 aromatic carbocycles. The molecule has 3 rings (SSSR count). The molecule has 186 valence electrons. The Morgan fingerprint density at radius 1 is 1.15 bits per heavy atom. The molecule has 0 spiro atoms. The Balaban J connectivity index is 1.68. The summed E-state index contributed by atoms with van der Waals surface area (Å²) < 4.78 is 78.4. The summed E-state index contributed by atoms with van der Waals surface area (Å²) >= 11 is 0. The van der Waals surface area contributed by atoms with Gasteiger partial charge in [0.15, 0.2) is 5.67 Å². The molecule has 34 heavy (non-hydrogen) atoms. The van der Waals surface area contributed by atoms with Gasteiger partial charge >= 0.3 is 6.43 Å². The Hall–Kier alpha value is -2.57. The molecule has 2 aromatic rings. The molecule has 1 fully saturated rings. The highest BCUT2D eigenvalue weighted by Crippen LogP contribution is 2.38. The number of benzene rings is 1. The number of nitrogens with one attached hydrogen (secondary N) is 1. The lowest BCUT2D eigenvalue weighted by molar-refractivity contribution is -0.133. The van der Waals surface area contributed by atoms with Gasteiger partial charge in [0.25, 0.3) is 5.91 Å². The second-order valence-corrected chi connectivity index (χ2v) is 10.9. The Labute approximate surface area is 194 Å². The standard InChI is InChI=1S/C22H25F4N3O4S/c1-13(2)34(32,33)29-11-22(26,12-29)18-8-7-16(10-27-18)14-3-5-15(6-4-14)19(30)17(9-23)28-21(31)20(24)25/h3-8,10,13,17,19-20,30H,9,11-12H2,1-2H3,(H,28,31)/t17-,19-/m1/s1. The number of alkyl halides is 4. The minimum atomic E-state index is -3.54. The SMILES string of the molecule is CC(C)S(=O)(=O)N1CC(F)(c2ccc(-c3ccc([C@@H](O)[C@@H](CF)NC(=O)C(F)F)cc3)cn2)C1. The van der Waals surface area contributed by atoms with Crippen molar-refractivity contribution in [3.8, 4) is 11.1 Å². The molecule has 1 aromatic heterocycles. The topological polar surface area (TPSA) is 99.6 Å². The van der Waals surface area contributed by atoms with Gasteiger partial charge in [-0.1, -0.05) is 30.3 Å². The Morgan fingerprint density at radius 2 is 1.74 bits per heavy atom. The second kappa shape index (κ2) is 9.96. The number of aromatic nitrogens is 1. The van der Waals surface area contributed by atoms with Crippen LogP contribution in [0.3, 0.4) is 0 Å². The van der Waals surface area contributed by atoms with E-state index in [1.165, 1.54) is 38.2 Å². The highest BCUT2D eigenvalue weighted by molar-refractivity contribution is 7.89. The molecule has 1 aliphatic heterocycles. The zero-order valence-electron chi connectivity index (χ0n) is 18.5. The van der Waals surface area contributed by atoms with Crippen LogP contribution in [0.25, 0.3) is 11.1 Å². The van der Waals surface area contributed by atoms with Crippen molar-refractivity contribution in [1.82, 2.24) is 14.6 Å². The minimum absolute atomic E-state index is 0.110. The first kappa shape index (κ1) is 26.0. The van der Waals surface area contributed by atoms with Crippen LogP contribution in [-0.2, 0) is 20.5 Å². The number of sulfonamides is 1. The number of rotatable bonds is 9. The van der Waals surface area contributed by atoms with Gasteiger partial charge in [-0.15, -0.1) is 0 Å². The van der Waals surface area contributed by atoms with Crippen LogP contribution < -0.4 is 5.32 Å². The number of amides is 1. The quantitative estimate of drug-likeness (QED) is 0.513. The summed E-state index contributed by atoms with van der Waals surface area (Å²) in [5, 5.41) is 11.4. The summed E-state index contributed by atoms with van der Waals surface area (Å²) in [4.78, 5) is 15.2. The van der Waals surface area contributed by atoms with Gasteiger partial charge in [-0.25, -0.2) is 17.2 Å². The molecule has 1 amide bonds. The number of aliphatic hydroxyl groups excluding tert-OH is 1. The summed E-state index contributed by atoms with van der Waals surface area (Å²) in [5.41, 5.74) is -0.326. The maximum atomic E-state index is 15.1. The number of hydrogen-bond donors (Lipinski definition) is 2. The Morgan fingerprint density at radius 3 is 2.21 bits per heavy atom. The molecule has 0 saturated carbocycles. The first-order valence-electron chi connectivity index (χ1n) is 10.5. The number of aliphatic hydroxyl groups is 1. The van der Waals surface area contributed by atoms with Crippen molar-refractivity contribution < 1.29 is 35.9 Å². The van der Waals surface area contributed by atoms with Gasteiger partial charge in [-0.05, 0) is 31.0 Å². The van der Waals surface area contributed by atoms with Crippen LogP contribution in [-0.4, -0.2) is 66.2 Å². The number of hydrogen-bond acceptors (Lipinski definition) is 5. The van der Waals surface area contributed by atoms with Crippen molar-refractivity contribution in [3.05, 3.63) is 53.9 Å². The molecule has 0 unspecified atom stereocenters. The lowest BCUT2D eigenvalue weighted by atomic mass is 9.93. The van der Waals surface area contributed by atoms with Crippen molar-refractivity contribution in [2.75, 3.05) is 19.8 Å². The highest BCUT2D eigenvalue weighted by Gasteiger charge is 2.51. The average molecular weight is 504 g/mol. The number of pyridine rings is 1. The van der Waals surface area contributed by atoms with Crippen molar-refractivity contribution in [2.24, 2.45) is 0 Å². The van der Waals surface area contributed by atoms with Crippen molar-refractivity contribution in [3.63, 3.8) is 0 Å². The van der Waals surface area contributed by atoms with E-state index in [1.807, 2.05) is 0 Å². The summed E-state index contributed by atoms with van der Waals surface area (Å²) in [6.07, 6.45) is -3.45. The van der Waals surface area contributed by atoms with E-state index in [-0.39, 0.29) is 24.3 Å². The predicted octanol–water partition coefficient (Wildman–Crippen LogP) is 2.72. The zero-order chi connectivity index (χ0) is 25.3. The third-order valence-corrected chi connectivity index (χ3v) is 7.86. The summed E-state index contributed by atoms with van der Waals surface area (Å²) in [6, 6.07) is 7.59. The minimum Gasteiger partial charge on any atom is -0.386 e. The van der Waals surface area contributed by atoms with Gasteiger partial charge in [0.2, 0.25) is 10.0 Å². The first-order valence-corrected chi connectivity index (χ1v) is 12.0. The molecule has 2 heterocycles. The van der Waals surface area contributed by atoms with Gasteiger partial charge in [0.1, 0.15) is 12.8 Å². The van der Waals surface area contributed by atoms with E-state index < -0.39 is 52.1 Å². The normalized spacial score (nSPS) is 17.9. The fourth-order valence-electron chi connectivity index (χ4n) is 3.54. The molecular formula is C22H25F4N3O4S. The van der Waals surface area contributed by atoms with Crippen molar-refractivity contribution in [2.45, 2.75) is 43.3 Å². The summed E-state index contributed by atoms with van der Waals surface area (Å²) in [6.45, 7) is 1.21. The van der Waals surface area contributed by atoms with Crippen LogP contribution in [0.5, 0.6) is 0 Å². The van der Waals surface area contributed by atoms with E-state index in [0.29, 0.717) is 11.1 Å². The van der Waals surface area contributed by atoms with Crippen LogP contribution in [0.2, 0.25) is 0 Å². The molecule has 0 radical (unpaired) electrons. The maximum absolute atomic E-state index is 15.1. The van der Waals surface area contributed by atoms with Crippen LogP contribution in [0, 0.1) is 0 Å². The first-order chi connectivity index (χ1) is 15.9. The van der Waals surface area contributed by atoms with Gasteiger partial charge in [-0.2, -0.15) is 13.1 Å². The number of halogens is 4. The Bertz CT molecular complexity index is 1110. The van der Waals surface area contributed by atoms with E-state index in [0.717, 1.165) is 4.31 Å². The van der Waals surface area contributed by atoms with Crippen molar-refractivity contribution in [1.29, 1.82) is 0 Å². The molecule has 0 aliphatic carbocycles. The smallest absolute Gasteiger partial charge is 0.315 e. The maximum Gasteiger partial charge on any atom is 0.315 e. The molecule has 7 nitrogen and oxygen atoms in total. The van der Waals surface area contributed by atoms with Crippen LogP contribution in [0.4, 0.5) is 17.6 Å². The number of carbonyl (C=O) groups excluding carboxylic acids is 1. The van der Waals surface area contributed by atoms with Crippen LogP contribution in [0.15, 0.2) is 42.6 Å². The predicted molar refractivity (Wildman–Crippen MR) is 117 cm³/mol. The van der Waals surface area contributed by atoms with E-state index in [4.69, 9.17) is 0 Å². The monoisotopic (exact) mass is 503 g/mol. The molecule has 0 bridgehead atoms. The fraction of sp³-hybridized carbons (Fsp3) is 0.455. The fourth-order valence-corrected chi connectivity index (χ4v) is 4.90. The molecule has 2 N–H and O–H groups in total. The highest BCUT2D eigenvalue weighted by atomic mass is 32.2. The molecular weight excluding hydrogens is 478 g/mol. The molecule has 1 aliphatic rings. The van der Waals surface area contributed by atoms with E-state index >= 15 is 4.39 Å². The van der Waals surface area contributed by atoms with E-state index in [1.54, 1.807) is 23.5 Å². The number of nitrogens with zero attached hydrogens (tertiary/aromatic N) is 2. The zero-order valence-corrected chi connectivity index (χ0v) is 19.3. The van der Waals surface area contributed by atoms with E-state index in [9.17, 15) is 31.5 Å². The largest absolute Gasteiger partial charge is 0.386 e. The number of carbonyl (C=O) groups is 1. The third kappa shape index (κ3) is 5.23. The van der Waals surface area contributed by atoms with Crippen LogP contribution in [0.1, 0.15) is 31.2 Å². The lowest BCUT2D eigenvalue weighted by Gasteiger charge is -2.43. The van der Waals surface area contributed by atoms with Crippen molar-refractivity contribution >= 4 is 15.9 Å². The van der Waals surface area contributed by atoms with Gasteiger partial charge in [0, 0.05) is 11.8 Å². The van der Waals surface area contributed by atoms with Gasteiger partial charge in [-0.3, -0.25) is 9.78 Å². The van der Waals surface area contributed by atoms with E-state index in [2.05, 4.69) is 4.98 Å². The molecule has 1 saturated heterocycles. The van der Waals surface area contributed by atoms with Gasteiger partial charge in [0.05, 0.1) is 30.1 Å². The Kier molecular flexibility index (Phi) is 7.63. The lowest BCUT2D eigenvalue weighted by Crippen LogP contribution is -2.60. The summed E-state index contributed by atoms with van der Waals surface area (Å²) in [7, 11) is -3.54.